The van der Waals surface area contributed by atoms with Gasteiger partial charge >= 0.3 is 0 Å². The third-order valence-corrected chi connectivity index (χ3v) is 9.99. The van der Waals surface area contributed by atoms with Crippen molar-refractivity contribution in [2.45, 2.75) is 0 Å². The lowest BCUT2D eigenvalue weighted by molar-refractivity contribution is 1.66. The lowest BCUT2D eigenvalue weighted by atomic mass is 9.85. The molecule has 0 N–H and O–H groups in total. The van der Waals surface area contributed by atoms with E-state index in [1.807, 2.05) is 0 Å². The maximum atomic E-state index is 2.46. The molecule has 10 aromatic carbocycles. The van der Waals surface area contributed by atoms with Crippen molar-refractivity contribution in [3.05, 3.63) is 170 Å². The average molecular weight is 581 g/mol. The SMILES string of the molecule is c1ccc(-c2c3ccccc3c(-c3ccc4c(c3)c3ccccc3c3cccc5ccc6cccc4c6c53)c3ccccc23)cc1. The van der Waals surface area contributed by atoms with Gasteiger partial charge in [-0.3, -0.25) is 0 Å². The van der Waals surface area contributed by atoms with Gasteiger partial charge in [0.15, 0.2) is 0 Å². The standard InChI is InChI=1S/C46H28/c1-2-12-29(13-3-1)43-38-18-6-8-20-40(38)44(41-21-9-7-19-39(41)43)32-26-27-35-37-23-11-15-31-25-24-30-14-10-22-36(45(30)46(31)37)33-16-4-5-17-34(33)42(35)28-32/h1-28H. The smallest absolute Gasteiger partial charge is 0.00203 e. The Hall–Kier alpha value is -5.98. The molecular formula is C46H28. The minimum atomic E-state index is 1.24. The number of rotatable bonds is 2. The van der Waals surface area contributed by atoms with E-state index in [9.17, 15) is 0 Å². The molecule has 0 saturated carbocycles. The quantitative estimate of drug-likeness (QED) is 0.141. The van der Waals surface area contributed by atoms with Crippen LogP contribution in [0.25, 0.3) is 97.7 Å². The lowest BCUT2D eigenvalue weighted by Gasteiger charge is -2.18. The second kappa shape index (κ2) is 9.76. The number of hydrogen-bond donors (Lipinski definition) is 0. The van der Waals surface area contributed by atoms with Crippen molar-refractivity contribution in [3.8, 4) is 22.3 Å². The van der Waals surface area contributed by atoms with Crippen molar-refractivity contribution in [3.63, 3.8) is 0 Å². The molecule has 10 aromatic rings. The molecule has 0 bridgehead atoms. The molecule has 0 aliphatic rings. The van der Waals surface area contributed by atoms with E-state index in [2.05, 4.69) is 170 Å². The molecule has 0 amide bonds. The Labute approximate surface area is 266 Å². The Balaban J connectivity index is 1.41. The molecule has 46 heavy (non-hydrogen) atoms. The van der Waals surface area contributed by atoms with Crippen molar-refractivity contribution in [2.75, 3.05) is 0 Å². The molecule has 0 aromatic heterocycles. The first-order valence-electron chi connectivity index (χ1n) is 16.0. The van der Waals surface area contributed by atoms with Gasteiger partial charge in [0.2, 0.25) is 0 Å². The van der Waals surface area contributed by atoms with Crippen LogP contribution >= 0.6 is 0 Å². The van der Waals surface area contributed by atoms with E-state index in [4.69, 9.17) is 0 Å². The first kappa shape index (κ1) is 25.4. The molecule has 0 radical (unpaired) electrons. The molecule has 0 heteroatoms. The summed E-state index contributed by atoms with van der Waals surface area (Å²) in [5.41, 5.74) is 5.06. The van der Waals surface area contributed by atoms with Crippen LogP contribution in [0.1, 0.15) is 0 Å². The monoisotopic (exact) mass is 580 g/mol. The molecule has 0 aliphatic carbocycles. The van der Waals surface area contributed by atoms with Crippen LogP contribution in [0.3, 0.4) is 0 Å². The zero-order valence-corrected chi connectivity index (χ0v) is 25.2. The normalized spacial score (nSPS) is 11.9. The van der Waals surface area contributed by atoms with Crippen LogP contribution in [0.4, 0.5) is 0 Å². The maximum Gasteiger partial charge on any atom is -0.00203 e. The van der Waals surface area contributed by atoms with Crippen LogP contribution in [0.2, 0.25) is 0 Å². The Morgan fingerprint density at radius 1 is 0.217 bits per heavy atom. The molecule has 0 saturated heterocycles. The van der Waals surface area contributed by atoms with E-state index < -0.39 is 0 Å². The van der Waals surface area contributed by atoms with Crippen molar-refractivity contribution in [1.29, 1.82) is 0 Å². The van der Waals surface area contributed by atoms with Gasteiger partial charge in [0.05, 0.1) is 0 Å². The van der Waals surface area contributed by atoms with Crippen LogP contribution < -0.4 is 0 Å². The Morgan fingerprint density at radius 2 is 0.630 bits per heavy atom. The minimum Gasteiger partial charge on any atom is -0.0622 e. The van der Waals surface area contributed by atoms with E-state index in [0.29, 0.717) is 0 Å². The van der Waals surface area contributed by atoms with Gasteiger partial charge in [0.1, 0.15) is 0 Å². The molecule has 212 valence electrons. The highest BCUT2D eigenvalue weighted by Crippen LogP contribution is 2.46. The van der Waals surface area contributed by atoms with Gasteiger partial charge in [-0.15, -0.1) is 0 Å². The van der Waals surface area contributed by atoms with Crippen molar-refractivity contribution in [2.24, 2.45) is 0 Å². The van der Waals surface area contributed by atoms with E-state index >= 15 is 0 Å². The molecular weight excluding hydrogens is 553 g/mol. The van der Waals surface area contributed by atoms with Gasteiger partial charge in [-0.2, -0.15) is 0 Å². The topological polar surface area (TPSA) is 0 Å². The summed E-state index contributed by atoms with van der Waals surface area (Å²) in [4.78, 5) is 0. The van der Waals surface area contributed by atoms with Gasteiger partial charge in [-0.05, 0) is 104 Å². The summed E-state index contributed by atoms with van der Waals surface area (Å²) >= 11 is 0. The summed E-state index contributed by atoms with van der Waals surface area (Å²) in [5.74, 6) is 0. The first-order valence-corrected chi connectivity index (χ1v) is 16.0. The summed E-state index contributed by atoms with van der Waals surface area (Å²) < 4.78 is 0. The van der Waals surface area contributed by atoms with Crippen LogP contribution in [-0.4, -0.2) is 0 Å². The fraction of sp³-hybridized carbons (Fsp3) is 0. The van der Waals surface area contributed by atoms with Crippen molar-refractivity contribution >= 4 is 75.4 Å². The van der Waals surface area contributed by atoms with Gasteiger partial charge in [-0.1, -0.05) is 164 Å². The molecule has 0 unspecified atom stereocenters. The maximum absolute atomic E-state index is 2.46. The third-order valence-electron chi connectivity index (χ3n) is 9.99. The number of benzene rings is 9. The van der Waals surface area contributed by atoms with Crippen molar-refractivity contribution < 1.29 is 0 Å². The van der Waals surface area contributed by atoms with Crippen LogP contribution in [0.5, 0.6) is 0 Å². The molecule has 0 nitrogen and oxygen atoms in total. The Morgan fingerprint density at radius 3 is 1.17 bits per heavy atom. The summed E-state index contributed by atoms with van der Waals surface area (Å²) in [6, 6.07) is 62.9. The highest BCUT2D eigenvalue weighted by atomic mass is 14.2. The van der Waals surface area contributed by atoms with Crippen LogP contribution in [0, 0.1) is 0 Å². The van der Waals surface area contributed by atoms with Gasteiger partial charge in [0.25, 0.3) is 0 Å². The Bertz CT molecular complexity index is 2780. The molecule has 0 spiro atoms. The largest absolute Gasteiger partial charge is 0.0622 e. The summed E-state index contributed by atoms with van der Waals surface area (Å²) in [7, 11) is 0. The summed E-state index contributed by atoms with van der Waals surface area (Å²) in [5, 5.41) is 18.0. The molecule has 0 aliphatic heterocycles. The Kier molecular flexibility index (Phi) is 5.38. The van der Waals surface area contributed by atoms with Gasteiger partial charge < -0.3 is 0 Å². The van der Waals surface area contributed by atoms with E-state index in [-0.39, 0.29) is 0 Å². The van der Waals surface area contributed by atoms with E-state index in [1.165, 1.54) is 97.7 Å². The molecule has 0 fully saturated rings. The second-order valence-electron chi connectivity index (χ2n) is 12.4. The summed E-state index contributed by atoms with van der Waals surface area (Å²) in [6.07, 6.45) is 0. The predicted molar refractivity (Wildman–Crippen MR) is 200 cm³/mol. The number of fused-ring (bicyclic) bond motifs is 7. The fourth-order valence-corrected chi connectivity index (χ4v) is 8.07. The van der Waals surface area contributed by atoms with Crippen LogP contribution in [-0.2, 0) is 0 Å². The fourth-order valence-electron chi connectivity index (χ4n) is 8.07. The van der Waals surface area contributed by atoms with Crippen molar-refractivity contribution in [1.82, 2.24) is 0 Å². The van der Waals surface area contributed by atoms with Gasteiger partial charge in [-0.25, -0.2) is 0 Å². The first-order chi connectivity index (χ1) is 22.8. The second-order valence-corrected chi connectivity index (χ2v) is 12.4. The highest BCUT2D eigenvalue weighted by molar-refractivity contribution is 6.33. The zero-order valence-electron chi connectivity index (χ0n) is 25.2. The molecule has 10 rings (SSSR count). The predicted octanol–water partition coefficient (Wildman–Crippen LogP) is 13.1. The van der Waals surface area contributed by atoms with E-state index in [1.54, 1.807) is 0 Å². The highest BCUT2D eigenvalue weighted by Gasteiger charge is 2.18. The summed E-state index contributed by atoms with van der Waals surface area (Å²) in [6.45, 7) is 0. The zero-order chi connectivity index (χ0) is 30.2. The number of hydrogen-bond acceptors (Lipinski definition) is 0. The third kappa shape index (κ3) is 3.56. The molecule has 0 heterocycles. The average Bonchev–Trinajstić information content (AvgIpc) is 3.13. The van der Waals surface area contributed by atoms with Crippen LogP contribution in [0.15, 0.2) is 170 Å². The van der Waals surface area contributed by atoms with E-state index in [0.717, 1.165) is 0 Å². The van der Waals surface area contributed by atoms with Gasteiger partial charge in [0, 0.05) is 0 Å². The minimum absolute atomic E-state index is 1.24. The molecule has 0 atom stereocenters. The lowest BCUT2D eigenvalue weighted by Crippen LogP contribution is -1.91.